The minimum absolute atomic E-state index is 0.309. The summed E-state index contributed by atoms with van der Waals surface area (Å²) in [6.45, 7) is 0. The molecule has 0 amide bonds. The molecule has 1 aromatic heterocycles. The van der Waals surface area contributed by atoms with Crippen molar-refractivity contribution in [3.8, 4) is 11.5 Å². The number of hydrogen-bond acceptors (Lipinski definition) is 7. The van der Waals surface area contributed by atoms with Gasteiger partial charge in [-0.2, -0.15) is 0 Å². The number of carbonyl (C=O) groups is 1. The highest BCUT2D eigenvalue weighted by Gasteiger charge is 2.18. The van der Waals surface area contributed by atoms with Crippen molar-refractivity contribution in [1.29, 1.82) is 0 Å². The average Bonchev–Trinajstić information content (AvgIpc) is 3.29. The molecular weight excluding hydrogens is 432 g/mol. The van der Waals surface area contributed by atoms with Gasteiger partial charge < -0.3 is 19.9 Å². The number of nitrogens with two attached hydrogens (primary N) is 1. The highest BCUT2D eigenvalue weighted by atomic mass is 32.2. The highest BCUT2D eigenvalue weighted by Crippen LogP contribution is 2.34. The van der Waals surface area contributed by atoms with Gasteiger partial charge in [-0.15, -0.1) is 11.3 Å². The standard InChI is InChI=1S/C23H24N2O4S2/c1-27-18-10-9-16(13-19(18)28-2)20(15-7-5-4-6-8-15)25-23(24)31-14-17-11-12-30-21(17)22(26)29-3/h4-13,20H,14H2,1-3H3,(H2,24,25). The van der Waals surface area contributed by atoms with Crippen LogP contribution in [0.25, 0.3) is 0 Å². The van der Waals surface area contributed by atoms with Crippen LogP contribution in [0.2, 0.25) is 0 Å². The van der Waals surface area contributed by atoms with Crippen molar-refractivity contribution in [3.05, 3.63) is 81.5 Å². The molecular formula is C23H24N2O4S2. The molecule has 1 heterocycles. The molecule has 0 aliphatic rings. The Bertz CT molecular complexity index is 1050. The number of aliphatic imine (C=N–C) groups is 1. The lowest BCUT2D eigenvalue weighted by Crippen LogP contribution is -2.11. The van der Waals surface area contributed by atoms with Crippen molar-refractivity contribution >= 4 is 34.2 Å². The van der Waals surface area contributed by atoms with Gasteiger partial charge in [0.05, 0.1) is 21.3 Å². The maximum atomic E-state index is 11.9. The summed E-state index contributed by atoms with van der Waals surface area (Å²) in [5, 5.41) is 2.29. The first kappa shape index (κ1) is 22.7. The van der Waals surface area contributed by atoms with Crippen LogP contribution in [0.4, 0.5) is 0 Å². The van der Waals surface area contributed by atoms with E-state index in [4.69, 9.17) is 24.9 Å². The Morgan fingerprint density at radius 1 is 1.03 bits per heavy atom. The van der Waals surface area contributed by atoms with E-state index in [9.17, 15) is 4.79 Å². The fourth-order valence-electron chi connectivity index (χ4n) is 3.04. The maximum Gasteiger partial charge on any atom is 0.348 e. The Kier molecular flexibility index (Phi) is 7.97. The van der Waals surface area contributed by atoms with Crippen LogP contribution in [0.15, 0.2) is 65.0 Å². The molecule has 2 N–H and O–H groups in total. The second-order valence-corrected chi connectivity index (χ2v) is 8.36. The van der Waals surface area contributed by atoms with Gasteiger partial charge >= 0.3 is 5.97 Å². The Morgan fingerprint density at radius 3 is 2.45 bits per heavy atom. The first-order valence-corrected chi connectivity index (χ1v) is 11.3. The molecule has 0 saturated carbocycles. The molecule has 0 radical (unpaired) electrons. The number of amidine groups is 1. The van der Waals surface area contributed by atoms with Crippen molar-refractivity contribution in [1.82, 2.24) is 0 Å². The van der Waals surface area contributed by atoms with Gasteiger partial charge in [-0.3, -0.25) is 0 Å². The van der Waals surface area contributed by atoms with Crippen molar-refractivity contribution in [2.75, 3.05) is 21.3 Å². The average molecular weight is 457 g/mol. The summed E-state index contributed by atoms with van der Waals surface area (Å²) in [6.07, 6.45) is 0. The monoisotopic (exact) mass is 456 g/mol. The van der Waals surface area contributed by atoms with Crippen LogP contribution in [-0.4, -0.2) is 32.5 Å². The molecule has 0 bridgehead atoms. The number of esters is 1. The van der Waals surface area contributed by atoms with E-state index in [1.807, 2.05) is 60.0 Å². The number of rotatable bonds is 8. The van der Waals surface area contributed by atoms with Crippen LogP contribution >= 0.6 is 23.1 Å². The molecule has 0 saturated heterocycles. The third-order valence-corrected chi connectivity index (χ3v) is 6.38. The number of hydrogen-bond donors (Lipinski definition) is 1. The summed E-state index contributed by atoms with van der Waals surface area (Å²) in [5.74, 6) is 1.46. The summed E-state index contributed by atoms with van der Waals surface area (Å²) in [6, 6.07) is 17.2. The van der Waals surface area contributed by atoms with Gasteiger partial charge in [-0.05, 0) is 40.3 Å². The molecule has 0 aliphatic heterocycles. The molecule has 3 aromatic rings. The molecule has 3 rings (SSSR count). The Labute approximate surface area is 190 Å². The smallest absolute Gasteiger partial charge is 0.348 e. The molecule has 8 heteroatoms. The lowest BCUT2D eigenvalue weighted by atomic mass is 9.99. The lowest BCUT2D eigenvalue weighted by Gasteiger charge is -2.17. The minimum atomic E-state index is -0.339. The quantitative estimate of drug-likeness (QED) is 0.295. The number of ether oxygens (including phenoxy) is 3. The van der Waals surface area contributed by atoms with E-state index in [-0.39, 0.29) is 12.0 Å². The van der Waals surface area contributed by atoms with Crippen molar-refractivity contribution in [2.24, 2.45) is 10.7 Å². The summed E-state index contributed by atoms with van der Waals surface area (Å²) in [5.41, 5.74) is 9.11. The van der Waals surface area contributed by atoms with E-state index in [1.165, 1.54) is 30.2 Å². The molecule has 1 unspecified atom stereocenters. The largest absolute Gasteiger partial charge is 0.493 e. The Hall–Kier alpha value is -2.97. The van der Waals surface area contributed by atoms with E-state index in [2.05, 4.69) is 0 Å². The number of methoxy groups -OCH3 is 3. The highest BCUT2D eigenvalue weighted by molar-refractivity contribution is 8.13. The van der Waals surface area contributed by atoms with Crippen molar-refractivity contribution in [2.45, 2.75) is 11.8 Å². The van der Waals surface area contributed by atoms with Crippen molar-refractivity contribution in [3.63, 3.8) is 0 Å². The third kappa shape index (κ3) is 5.59. The number of nitrogens with zero attached hydrogens (tertiary/aromatic N) is 1. The van der Waals surface area contributed by atoms with Gasteiger partial charge in [0, 0.05) is 5.75 Å². The second-order valence-electron chi connectivity index (χ2n) is 6.45. The fourth-order valence-corrected chi connectivity index (χ4v) is 4.69. The first-order chi connectivity index (χ1) is 15.1. The zero-order valence-corrected chi connectivity index (χ0v) is 19.2. The summed E-state index contributed by atoms with van der Waals surface area (Å²) < 4.78 is 15.7. The van der Waals surface area contributed by atoms with E-state index >= 15 is 0 Å². The molecule has 6 nitrogen and oxygen atoms in total. The molecule has 0 aliphatic carbocycles. The summed E-state index contributed by atoms with van der Waals surface area (Å²) in [4.78, 5) is 17.3. The van der Waals surface area contributed by atoms with E-state index in [0.29, 0.717) is 27.3 Å². The number of thiophene rings is 1. The van der Waals surface area contributed by atoms with E-state index < -0.39 is 0 Å². The third-order valence-electron chi connectivity index (χ3n) is 4.59. The second kappa shape index (κ2) is 10.9. The predicted molar refractivity (Wildman–Crippen MR) is 126 cm³/mol. The maximum absolute atomic E-state index is 11.9. The van der Waals surface area contributed by atoms with Crippen LogP contribution in [0, 0.1) is 0 Å². The number of thioether (sulfide) groups is 1. The minimum Gasteiger partial charge on any atom is -0.493 e. The summed E-state index contributed by atoms with van der Waals surface area (Å²) in [7, 11) is 4.58. The number of benzene rings is 2. The molecule has 0 spiro atoms. The predicted octanol–water partition coefficient (Wildman–Crippen LogP) is 4.89. The van der Waals surface area contributed by atoms with Crippen molar-refractivity contribution < 1.29 is 19.0 Å². The van der Waals surface area contributed by atoms with Gasteiger partial charge in [-0.1, -0.05) is 48.2 Å². The van der Waals surface area contributed by atoms with Gasteiger partial charge in [0.1, 0.15) is 10.9 Å². The van der Waals surface area contributed by atoms with Gasteiger partial charge in [-0.25, -0.2) is 9.79 Å². The molecule has 2 aromatic carbocycles. The van der Waals surface area contributed by atoms with Crippen LogP contribution < -0.4 is 15.2 Å². The molecule has 1 atom stereocenters. The van der Waals surface area contributed by atoms with Crippen LogP contribution in [0.5, 0.6) is 11.5 Å². The fraction of sp³-hybridized carbons (Fsp3) is 0.217. The summed E-state index contributed by atoms with van der Waals surface area (Å²) >= 11 is 2.74. The van der Waals surface area contributed by atoms with Crippen LogP contribution in [0.1, 0.15) is 32.4 Å². The first-order valence-electron chi connectivity index (χ1n) is 9.45. The van der Waals surface area contributed by atoms with Gasteiger partial charge in [0.2, 0.25) is 0 Å². The van der Waals surface area contributed by atoms with Crippen LogP contribution in [-0.2, 0) is 10.5 Å². The molecule has 31 heavy (non-hydrogen) atoms. The van der Waals surface area contributed by atoms with Gasteiger partial charge in [0.15, 0.2) is 16.7 Å². The normalized spacial score (nSPS) is 12.3. The SMILES string of the molecule is COC(=O)c1sccc1CSC(N)=NC(c1ccccc1)c1ccc(OC)c(OC)c1. The molecule has 0 fully saturated rings. The Balaban J connectivity index is 1.88. The zero-order chi connectivity index (χ0) is 22.2. The van der Waals surface area contributed by atoms with Crippen LogP contribution in [0.3, 0.4) is 0 Å². The molecule has 162 valence electrons. The van der Waals surface area contributed by atoms with Gasteiger partial charge in [0.25, 0.3) is 0 Å². The lowest BCUT2D eigenvalue weighted by molar-refractivity contribution is 0.0605. The zero-order valence-electron chi connectivity index (χ0n) is 17.5. The Morgan fingerprint density at radius 2 is 1.77 bits per heavy atom. The van der Waals surface area contributed by atoms with E-state index in [0.717, 1.165) is 16.7 Å². The number of carbonyl (C=O) groups excluding carboxylic acids is 1. The van der Waals surface area contributed by atoms with E-state index in [1.54, 1.807) is 14.2 Å². The topological polar surface area (TPSA) is 83.1 Å².